The van der Waals surface area contributed by atoms with Gasteiger partial charge < -0.3 is 29.2 Å². The number of hydrogen-bond donors (Lipinski definition) is 1. The second kappa shape index (κ2) is 11.0. The smallest absolute Gasteiger partial charge is 0.194 e. The molecule has 0 spiro atoms. The van der Waals surface area contributed by atoms with E-state index in [4.69, 9.17) is 23.9 Å². The third-order valence-electron chi connectivity index (χ3n) is 4.46. The number of methoxy groups -OCH3 is 4. The highest BCUT2D eigenvalue weighted by molar-refractivity contribution is 5.79. The molecule has 0 aromatic heterocycles. The van der Waals surface area contributed by atoms with Crippen molar-refractivity contribution in [2.75, 3.05) is 42.0 Å². The third-order valence-corrected chi connectivity index (χ3v) is 4.46. The average molecular weight is 402 g/mol. The Morgan fingerprint density at radius 1 is 0.897 bits per heavy atom. The second-order valence-corrected chi connectivity index (χ2v) is 6.39. The van der Waals surface area contributed by atoms with Crippen LogP contribution in [0.2, 0.25) is 0 Å². The van der Waals surface area contributed by atoms with Crippen LogP contribution in [0.5, 0.6) is 23.0 Å². The summed E-state index contributed by atoms with van der Waals surface area (Å²) in [5, 5.41) is 3.34. The summed E-state index contributed by atoms with van der Waals surface area (Å²) in [4.78, 5) is 6.87. The molecular formula is C22H31N3O4. The zero-order valence-electron chi connectivity index (χ0n) is 18.1. The molecule has 0 unspecified atom stereocenters. The van der Waals surface area contributed by atoms with Gasteiger partial charge in [-0.2, -0.15) is 0 Å². The molecule has 0 saturated carbocycles. The monoisotopic (exact) mass is 401 g/mol. The van der Waals surface area contributed by atoms with E-state index in [0.29, 0.717) is 23.8 Å². The van der Waals surface area contributed by atoms with Crippen LogP contribution in [0, 0.1) is 0 Å². The standard InChI is InChI=1S/C22H31N3O4/c1-7-23-22(25(2)15-16-8-10-18(26-3)11-9-16)24-14-17-12-20(28-5)21(29-6)13-19(17)27-4/h8-13H,7,14-15H2,1-6H3,(H,23,24). The van der Waals surface area contributed by atoms with Crippen molar-refractivity contribution in [3.63, 3.8) is 0 Å². The van der Waals surface area contributed by atoms with Gasteiger partial charge in [-0.15, -0.1) is 0 Å². The third kappa shape index (κ3) is 5.94. The normalized spacial score (nSPS) is 11.0. The van der Waals surface area contributed by atoms with E-state index in [2.05, 4.69) is 22.3 Å². The fourth-order valence-corrected chi connectivity index (χ4v) is 2.93. The molecule has 0 amide bonds. The Balaban J connectivity index is 2.21. The molecule has 0 radical (unpaired) electrons. The summed E-state index contributed by atoms with van der Waals surface area (Å²) < 4.78 is 21.5. The lowest BCUT2D eigenvalue weighted by Gasteiger charge is -2.22. The van der Waals surface area contributed by atoms with Gasteiger partial charge in [-0.25, -0.2) is 4.99 Å². The molecule has 0 fully saturated rings. The fourth-order valence-electron chi connectivity index (χ4n) is 2.93. The number of nitrogens with zero attached hydrogens (tertiary/aromatic N) is 2. The summed E-state index contributed by atoms with van der Waals surface area (Å²) in [5.74, 6) is 3.63. The van der Waals surface area contributed by atoms with Crippen molar-refractivity contribution < 1.29 is 18.9 Å². The quantitative estimate of drug-likeness (QED) is 0.514. The first-order chi connectivity index (χ1) is 14.1. The maximum absolute atomic E-state index is 5.51. The molecule has 0 aliphatic carbocycles. The van der Waals surface area contributed by atoms with E-state index in [0.717, 1.165) is 30.4 Å². The van der Waals surface area contributed by atoms with E-state index in [1.54, 1.807) is 28.4 Å². The Labute approximate surface area is 173 Å². The average Bonchev–Trinajstić information content (AvgIpc) is 2.76. The number of nitrogens with one attached hydrogen (secondary N) is 1. The van der Waals surface area contributed by atoms with Crippen LogP contribution in [0.25, 0.3) is 0 Å². The van der Waals surface area contributed by atoms with E-state index in [1.165, 1.54) is 5.56 Å². The molecule has 0 bridgehead atoms. The lowest BCUT2D eigenvalue weighted by Crippen LogP contribution is -2.38. The summed E-state index contributed by atoms with van der Waals surface area (Å²) in [6, 6.07) is 11.7. The summed E-state index contributed by atoms with van der Waals surface area (Å²) in [7, 11) is 8.53. The van der Waals surface area contributed by atoms with E-state index in [-0.39, 0.29) is 0 Å². The van der Waals surface area contributed by atoms with E-state index in [1.807, 2.05) is 38.2 Å². The van der Waals surface area contributed by atoms with Gasteiger partial charge in [-0.05, 0) is 30.7 Å². The Morgan fingerprint density at radius 3 is 2.07 bits per heavy atom. The van der Waals surface area contributed by atoms with Crippen molar-refractivity contribution in [3.8, 4) is 23.0 Å². The minimum absolute atomic E-state index is 0.443. The molecule has 0 heterocycles. The Hall–Kier alpha value is -3.09. The molecule has 7 nitrogen and oxygen atoms in total. The zero-order chi connectivity index (χ0) is 21.2. The van der Waals surface area contributed by atoms with E-state index in [9.17, 15) is 0 Å². The number of guanidine groups is 1. The van der Waals surface area contributed by atoms with Gasteiger partial charge in [0, 0.05) is 31.8 Å². The van der Waals surface area contributed by atoms with Crippen LogP contribution < -0.4 is 24.3 Å². The first-order valence-electron chi connectivity index (χ1n) is 9.47. The van der Waals surface area contributed by atoms with Crippen molar-refractivity contribution in [1.82, 2.24) is 10.2 Å². The van der Waals surface area contributed by atoms with Crippen molar-refractivity contribution in [2.24, 2.45) is 4.99 Å². The Morgan fingerprint density at radius 2 is 1.52 bits per heavy atom. The van der Waals surface area contributed by atoms with Gasteiger partial charge in [0.15, 0.2) is 17.5 Å². The summed E-state index contributed by atoms with van der Waals surface area (Å²) in [5.41, 5.74) is 2.08. The predicted molar refractivity (Wildman–Crippen MR) is 115 cm³/mol. The van der Waals surface area contributed by atoms with Crippen LogP contribution in [0.1, 0.15) is 18.1 Å². The maximum Gasteiger partial charge on any atom is 0.194 e. The van der Waals surface area contributed by atoms with Gasteiger partial charge in [0.2, 0.25) is 0 Å². The lowest BCUT2D eigenvalue weighted by molar-refractivity contribution is 0.347. The largest absolute Gasteiger partial charge is 0.497 e. The van der Waals surface area contributed by atoms with Gasteiger partial charge in [0.25, 0.3) is 0 Å². The molecule has 7 heteroatoms. The zero-order valence-corrected chi connectivity index (χ0v) is 18.1. The number of benzene rings is 2. The van der Waals surface area contributed by atoms with Gasteiger partial charge >= 0.3 is 0 Å². The maximum atomic E-state index is 5.51. The summed E-state index contributed by atoms with van der Waals surface area (Å²) >= 11 is 0. The number of aliphatic imine (C=N–C) groups is 1. The van der Waals surface area contributed by atoms with Crippen molar-refractivity contribution in [2.45, 2.75) is 20.0 Å². The first kappa shape index (κ1) is 22.2. The molecular weight excluding hydrogens is 370 g/mol. The first-order valence-corrected chi connectivity index (χ1v) is 9.47. The minimum atomic E-state index is 0.443. The van der Waals surface area contributed by atoms with E-state index < -0.39 is 0 Å². The van der Waals surface area contributed by atoms with Crippen LogP contribution in [0.4, 0.5) is 0 Å². The summed E-state index contributed by atoms with van der Waals surface area (Å²) in [6.07, 6.45) is 0. The molecule has 0 atom stereocenters. The van der Waals surface area contributed by atoms with Gasteiger partial charge in [-0.3, -0.25) is 0 Å². The second-order valence-electron chi connectivity index (χ2n) is 6.39. The van der Waals surface area contributed by atoms with Crippen LogP contribution in [0.15, 0.2) is 41.4 Å². The van der Waals surface area contributed by atoms with Crippen LogP contribution in [0.3, 0.4) is 0 Å². The minimum Gasteiger partial charge on any atom is -0.497 e. The molecule has 2 aromatic carbocycles. The molecule has 2 rings (SSSR count). The van der Waals surface area contributed by atoms with Crippen molar-refractivity contribution >= 4 is 5.96 Å². The molecule has 2 aromatic rings. The predicted octanol–water partition coefficient (Wildman–Crippen LogP) is 3.32. The molecule has 0 aliphatic rings. The Kier molecular flexibility index (Phi) is 8.45. The fraction of sp³-hybridized carbons (Fsp3) is 0.409. The molecule has 0 saturated heterocycles. The van der Waals surface area contributed by atoms with E-state index >= 15 is 0 Å². The highest BCUT2D eigenvalue weighted by Crippen LogP contribution is 2.34. The topological polar surface area (TPSA) is 64.6 Å². The van der Waals surface area contributed by atoms with Crippen LogP contribution in [-0.4, -0.2) is 52.9 Å². The van der Waals surface area contributed by atoms with Gasteiger partial charge in [0.1, 0.15) is 11.5 Å². The van der Waals surface area contributed by atoms with Crippen LogP contribution >= 0.6 is 0 Å². The molecule has 0 aliphatic heterocycles. The summed E-state index contributed by atoms with van der Waals surface area (Å²) in [6.45, 7) is 3.99. The van der Waals surface area contributed by atoms with Crippen molar-refractivity contribution in [1.29, 1.82) is 0 Å². The molecule has 29 heavy (non-hydrogen) atoms. The number of hydrogen-bond acceptors (Lipinski definition) is 5. The Bertz CT molecular complexity index is 806. The van der Waals surface area contributed by atoms with Gasteiger partial charge in [0.05, 0.1) is 35.0 Å². The highest BCUT2D eigenvalue weighted by Gasteiger charge is 2.13. The SMILES string of the molecule is CCNC(=NCc1cc(OC)c(OC)cc1OC)N(C)Cc1ccc(OC)cc1. The molecule has 158 valence electrons. The lowest BCUT2D eigenvalue weighted by atomic mass is 10.1. The van der Waals surface area contributed by atoms with Gasteiger partial charge in [-0.1, -0.05) is 12.1 Å². The highest BCUT2D eigenvalue weighted by atomic mass is 16.5. The molecule has 1 N–H and O–H groups in total. The van der Waals surface area contributed by atoms with Crippen molar-refractivity contribution in [3.05, 3.63) is 47.5 Å². The van der Waals surface area contributed by atoms with Crippen LogP contribution in [-0.2, 0) is 13.1 Å². The number of ether oxygens (including phenoxy) is 4. The number of rotatable bonds is 9.